The third kappa shape index (κ3) is 4.98. The molecule has 4 rings (SSSR count). The molecule has 1 N–H and O–H groups in total. The molecule has 1 atom stereocenters. The average Bonchev–Trinajstić information content (AvgIpc) is 3.11. The van der Waals surface area contributed by atoms with E-state index in [0.717, 1.165) is 5.57 Å². The fourth-order valence-corrected chi connectivity index (χ4v) is 5.49. The number of rotatable bonds is 6. The highest BCUT2D eigenvalue weighted by atomic mass is 32.2. The van der Waals surface area contributed by atoms with Crippen LogP contribution in [0.4, 0.5) is 0 Å². The number of carbonyl (C=O) groups excluding carboxylic acids is 1. The van der Waals surface area contributed by atoms with E-state index >= 15 is 0 Å². The quantitative estimate of drug-likeness (QED) is 0.559. The molecule has 0 radical (unpaired) electrons. The number of aryl methyl sites for hydroxylation is 1. The third-order valence-corrected chi connectivity index (χ3v) is 7.22. The van der Waals surface area contributed by atoms with Crippen LogP contribution in [-0.4, -0.2) is 48.0 Å². The number of hydrogen-bond acceptors (Lipinski definition) is 6. The Morgan fingerprint density at radius 2 is 1.97 bits per heavy atom. The van der Waals surface area contributed by atoms with Gasteiger partial charge in [0.05, 0.1) is 28.1 Å². The van der Waals surface area contributed by atoms with Gasteiger partial charge in [0, 0.05) is 11.6 Å². The van der Waals surface area contributed by atoms with Crippen LogP contribution >= 0.6 is 0 Å². The van der Waals surface area contributed by atoms with Crippen molar-refractivity contribution in [1.29, 1.82) is 0 Å². The van der Waals surface area contributed by atoms with Crippen molar-refractivity contribution in [2.24, 2.45) is 0 Å². The molecule has 0 aliphatic carbocycles. The molecule has 0 spiro atoms. The summed E-state index contributed by atoms with van der Waals surface area (Å²) >= 11 is 0. The molecule has 2 heterocycles. The zero-order valence-electron chi connectivity index (χ0n) is 18.5. The molecule has 1 saturated heterocycles. The first-order valence-electron chi connectivity index (χ1n) is 10.6. The van der Waals surface area contributed by atoms with Crippen molar-refractivity contribution in [1.82, 2.24) is 14.9 Å². The van der Waals surface area contributed by atoms with Gasteiger partial charge in [0.15, 0.2) is 9.84 Å². The smallest absolute Gasteiger partial charge is 0.266 e. The van der Waals surface area contributed by atoms with Crippen LogP contribution in [0.25, 0.3) is 16.6 Å². The largest absolute Gasteiger partial charge is 0.489 e. The van der Waals surface area contributed by atoms with Crippen LogP contribution in [0.2, 0.25) is 0 Å². The molecule has 0 unspecified atom stereocenters. The van der Waals surface area contributed by atoms with Crippen LogP contribution in [0.5, 0.6) is 5.75 Å². The van der Waals surface area contributed by atoms with E-state index < -0.39 is 9.84 Å². The number of hydrogen-bond donors (Lipinski definition) is 1. The van der Waals surface area contributed by atoms with Crippen LogP contribution < -0.4 is 15.6 Å². The minimum atomic E-state index is -3.08. The number of ether oxygens (including phenoxy) is 1. The number of benzene rings is 2. The number of sulfone groups is 1. The Bertz CT molecular complexity index is 1410. The highest BCUT2D eigenvalue weighted by Gasteiger charge is 2.29. The number of fused-ring (bicyclic) bond motifs is 1. The fourth-order valence-electron chi connectivity index (χ4n) is 3.82. The topological polar surface area (TPSA) is 107 Å². The molecule has 0 saturated carbocycles. The molecule has 1 aliphatic heterocycles. The van der Waals surface area contributed by atoms with Crippen molar-refractivity contribution in [3.8, 4) is 11.4 Å². The summed E-state index contributed by atoms with van der Waals surface area (Å²) in [5.41, 5.74) is 2.15. The van der Waals surface area contributed by atoms with Gasteiger partial charge in [-0.05, 0) is 68.3 Å². The molecule has 3 aromatic rings. The van der Waals surface area contributed by atoms with E-state index in [4.69, 9.17) is 4.74 Å². The Morgan fingerprint density at radius 3 is 2.61 bits per heavy atom. The lowest BCUT2D eigenvalue weighted by Gasteiger charge is -2.13. The highest BCUT2D eigenvalue weighted by molar-refractivity contribution is 7.91. The Hall–Kier alpha value is -3.46. The molecule has 2 aromatic carbocycles. The van der Waals surface area contributed by atoms with Crippen LogP contribution in [0, 0.1) is 6.92 Å². The van der Waals surface area contributed by atoms with Gasteiger partial charge in [-0.15, -0.1) is 0 Å². The number of nitrogens with zero attached hydrogens (tertiary/aromatic N) is 2. The van der Waals surface area contributed by atoms with E-state index in [0.29, 0.717) is 46.8 Å². The molecule has 1 aromatic heterocycles. The van der Waals surface area contributed by atoms with Crippen LogP contribution in [0.1, 0.15) is 29.5 Å². The monoisotopic (exact) mass is 467 g/mol. The minimum absolute atomic E-state index is 0.0355. The molecule has 9 heteroatoms. The summed E-state index contributed by atoms with van der Waals surface area (Å²) in [6, 6.07) is 11.4. The summed E-state index contributed by atoms with van der Waals surface area (Å²) in [6.45, 7) is 7.77. The zero-order chi connectivity index (χ0) is 23.8. The molecule has 0 bridgehead atoms. The highest BCUT2D eigenvalue weighted by Crippen LogP contribution is 2.20. The van der Waals surface area contributed by atoms with Gasteiger partial charge in [-0.2, -0.15) is 0 Å². The summed E-state index contributed by atoms with van der Waals surface area (Å²) in [5.74, 6) is 0.779. The second-order valence-electron chi connectivity index (χ2n) is 8.34. The Labute approximate surface area is 191 Å². The molecule has 33 heavy (non-hydrogen) atoms. The third-order valence-electron chi connectivity index (χ3n) is 5.45. The first kappa shape index (κ1) is 22.7. The Balaban J connectivity index is 1.61. The van der Waals surface area contributed by atoms with Gasteiger partial charge < -0.3 is 10.1 Å². The van der Waals surface area contributed by atoms with E-state index in [1.54, 1.807) is 49.4 Å². The lowest BCUT2D eigenvalue weighted by Crippen LogP contribution is -2.35. The van der Waals surface area contributed by atoms with Gasteiger partial charge in [0.2, 0.25) is 0 Å². The van der Waals surface area contributed by atoms with Crippen molar-refractivity contribution in [2.75, 3.05) is 18.1 Å². The van der Waals surface area contributed by atoms with Gasteiger partial charge in [0.1, 0.15) is 18.2 Å². The number of aromatic nitrogens is 2. The molecule has 1 aliphatic rings. The average molecular weight is 468 g/mol. The summed E-state index contributed by atoms with van der Waals surface area (Å²) in [5, 5.41) is 3.18. The van der Waals surface area contributed by atoms with Crippen molar-refractivity contribution in [3.05, 3.63) is 76.4 Å². The summed E-state index contributed by atoms with van der Waals surface area (Å²) in [4.78, 5) is 30.3. The maximum atomic E-state index is 13.3. The van der Waals surface area contributed by atoms with E-state index in [-0.39, 0.29) is 29.0 Å². The van der Waals surface area contributed by atoms with E-state index in [9.17, 15) is 18.0 Å². The maximum Gasteiger partial charge on any atom is 0.266 e. The van der Waals surface area contributed by atoms with Crippen LogP contribution in [-0.2, 0) is 9.84 Å². The number of carbonyl (C=O) groups is 1. The van der Waals surface area contributed by atoms with Gasteiger partial charge in [-0.1, -0.05) is 6.58 Å². The molecule has 172 valence electrons. The summed E-state index contributed by atoms with van der Waals surface area (Å²) in [6.07, 6.45) is 0.418. The van der Waals surface area contributed by atoms with E-state index in [1.807, 2.05) is 6.92 Å². The Morgan fingerprint density at radius 1 is 1.24 bits per heavy atom. The van der Waals surface area contributed by atoms with Gasteiger partial charge >= 0.3 is 0 Å². The SMILES string of the molecule is C=C(C)COc1ccc2nc(C)n(-c3ccc(C(=O)N[C@H]4CCS(=O)(=O)C4)cc3)c(=O)c2c1. The molecular formula is C24H25N3O5S. The van der Waals surface area contributed by atoms with Crippen LogP contribution in [0.15, 0.2) is 59.4 Å². The standard InChI is InChI=1S/C24H25N3O5S/c1-15(2)13-32-20-8-9-22-21(12-20)24(29)27(16(3)25-22)19-6-4-17(5-7-19)23(28)26-18-10-11-33(30,31)14-18/h4-9,12,18H,1,10-11,13-14H2,2-3H3,(H,26,28)/t18-/m0/s1. The van der Waals surface area contributed by atoms with Gasteiger partial charge in [-0.3, -0.25) is 14.2 Å². The minimum Gasteiger partial charge on any atom is -0.489 e. The Kier molecular flexibility index (Phi) is 6.07. The zero-order valence-corrected chi connectivity index (χ0v) is 19.3. The normalized spacial score (nSPS) is 17.1. The van der Waals surface area contributed by atoms with E-state index in [2.05, 4.69) is 16.9 Å². The van der Waals surface area contributed by atoms with Gasteiger partial charge in [0.25, 0.3) is 11.5 Å². The molecular weight excluding hydrogens is 442 g/mol. The van der Waals surface area contributed by atoms with E-state index in [1.165, 1.54) is 4.57 Å². The second-order valence-corrected chi connectivity index (χ2v) is 10.6. The lowest BCUT2D eigenvalue weighted by molar-refractivity contribution is 0.0941. The lowest BCUT2D eigenvalue weighted by atomic mass is 10.1. The maximum absolute atomic E-state index is 13.3. The summed E-state index contributed by atoms with van der Waals surface area (Å²) in [7, 11) is -3.08. The van der Waals surface area contributed by atoms with Crippen molar-refractivity contribution < 1.29 is 17.9 Å². The second kappa shape index (κ2) is 8.82. The molecule has 1 amide bonds. The van der Waals surface area contributed by atoms with Crippen LogP contribution in [0.3, 0.4) is 0 Å². The van der Waals surface area contributed by atoms with Gasteiger partial charge in [-0.25, -0.2) is 13.4 Å². The molecule has 1 fully saturated rings. The predicted molar refractivity (Wildman–Crippen MR) is 127 cm³/mol. The summed E-state index contributed by atoms with van der Waals surface area (Å²) < 4.78 is 30.3. The number of nitrogens with one attached hydrogen (secondary N) is 1. The van der Waals surface area contributed by atoms with Crippen molar-refractivity contribution >= 4 is 26.6 Å². The van der Waals surface area contributed by atoms with Crippen molar-refractivity contribution in [2.45, 2.75) is 26.3 Å². The predicted octanol–water partition coefficient (Wildman–Crippen LogP) is 2.57. The first-order valence-corrected chi connectivity index (χ1v) is 12.4. The number of amides is 1. The van der Waals surface area contributed by atoms with Crippen molar-refractivity contribution in [3.63, 3.8) is 0 Å². The molecule has 8 nitrogen and oxygen atoms in total. The fraction of sp³-hybridized carbons (Fsp3) is 0.292. The first-order chi connectivity index (χ1) is 15.6.